The van der Waals surface area contributed by atoms with Crippen molar-refractivity contribution < 1.29 is 0 Å². The Hall–Kier alpha value is 0.310. The Labute approximate surface area is 115 Å². The highest BCUT2D eigenvalue weighted by atomic mass is 32.1. The zero-order valence-electron chi connectivity index (χ0n) is 12.4. The molecule has 0 heterocycles. The van der Waals surface area contributed by atoms with Gasteiger partial charge in [0.25, 0.3) is 0 Å². The summed E-state index contributed by atoms with van der Waals surface area (Å²) in [4.78, 5) is 2.67. The summed E-state index contributed by atoms with van der Waals surface area (Å²) in [6.45, 7) is 13.1. The van der Waals surface area contributed by atoms with E-state index in [0.717, 1.165) is 17.6 Å². The number of hydrogen-bond donors (Lipinski definition) is 1. The van der Waals surface area contributed by atoms with Gasteiger partial charge in [0.15, 0.2) is 0 Å². The molecule has 0 aliphatic carbocycles. The van der Waals surface area contributed by atoms with E-state index in [4.69, 9.17) is 0 Å². The van der Waals surface area contributed by atoms with Gasteiger partial charge in [0.2, 0.25) is 0 Å². The summed E-state index contributed by atoms with van der Waals surface area (Å²) < 4.78 is 0. The molecule has 0 N–H and O–H groups in total. The van der Waals surface area contributed by atoms with Crippen LogP contribution < -0.4 is 0 Å². The van der Waals surface area contributed by atoms with Crippen molar-refractivity contribution in [1.82, 2.24) is 4.90 Å². The summed E-state index contributed by atoms with van der Waals surface area (Å²) >= 11 is 4.27. The molecule has 0 aliphatic heterocycles. The third kappa shape index (κ3) is 12.6. The second kappa shape index (κ2) is 11.4. The molecule has 0 fully saturated rings. The average Bonchev–Trinajstić information content (AvgIpc) is 2.26. The van der Waals surface area contributed by atoms with Gasteiger partial charge in [-0.3, -0.25) is 0 Å². The van der Waals surface area contributed by atoms with Gasteiger partial charge in [-0.15, -0.1) is 0 Å². The quantitative estimate of drug-likeness (QED) is 0.423. The van der Waals surface area contributed by atoms with Crippen molar-refractivity contribution in [2.75, 3.05) is 25.4 Å². The van der Waals surface area contributed by atoms with Crippen molar-refractivity contribution in [2.24, 2.45) is 11.8 Å². The summed E-state index contributed by atoms with van der Waals surface area (Å²) in [5, 5.41) is 0. The number of nitrogens with zero attached hydrogens (tertiary/aromatic N) is 1. The lowest BCUT2D eigenvalue weighted by Gasteiger charge is -2.24. The van der Waals surface area contributed by atoms with E-state index in [1.54, 1.807) is 0 Å². The number of rotatable bonds is 11. The van der Waals surface area contributed by atoms with E-state index >= 15 is 0 Å². The first-order valence-electron chi connectivity index (χ1n) is 7.39. The minimum absolute atomic E-state index is 0.828. The van der Waals surface area contributed by atoms with Crippen LogP contribution in [0, 0.1) is 11.8 Å². The maximum absolute atomic E-state index is 4.27. The van der Waals surface area contributed by atoms with Crippen LogP contribution in [-0.2, 0) is 0 Å². The molecule has 17 heavy (non-hydrogen) atoms. The zero-order chi connectivity index (χ0) is 13.1. The van der Waals surface area contributed by atoms with Crippen molar-refractivity contribution >= 4 is 12.6 Å². The molecule has 0 saturated heterocycles. The first-order valence-corrected chi connectivity index (χ1v) is 8.02. The second-order valence-corrected chi connectivity index (χ2v) is 6.44. The van der Waals surface area contributed by atoms with E-state index in [-0.39, 0.29) is 0 Å². The molecule has 0 aromatic carbocycles. The number of thiol groups is 1. The Kier molecular flexibility index (Phi) is 11.6. The average molecular weight is 260 g/mol. The Morgan fingerprint density at radius 2 is 1.29 bits per heavy atom. The lowest BCUT2D eigenvalue weighted by atomic mass is 10.1. The molecule has 0 aromatic rings. The van der Waals surface area contributed by atoms with Crippen molar-refractivity contribution in [3.8, 4) is 0 Å². The fraction of sp³-hybridized carbons (Fsp3) is 1.00. The first-order chi connectivity index (χ1) is 8.06. The predicted octanol–water partition coefficient (Wildman–Crippen LogP) is 4.48. The zero-order valence-corrected chi connectivity index (χ0v) is 13.3. The lowest BCUT2D eigenvalue weighted by Crippen LogP contribution is -2.28. The molecule has 0 bridgehead atoms. The van der Waals surface area contributed by atoms with Crippen LogP contribution in [0.25, 0.3) is 0 Å². The van der Waals surface area contributed by atoms with Gasteiger partial charge in [-0.25, -0.2) is 0 Å². The van der Waals surface area contributed by atoms with Crippen molar-refractivity contribution in [3.63, 3.8) is 0 Å². The standard InChI is InChI=1S/C15H33NS/c1-14(2)8-11-16(12-9-15(3)4)10-6-5-7-13-17/h14-15,17H,5-13H2,1-4H3. The number of unbranched alkanes of at least 4 members (excludes halogenated alkanes) is 2. The van der Waals surface area contributed by atoms with Crippen LogP contribution in [0.3, 0.4) is 0 Å². The fourth-order valence-electron chi connectivity index (χ4n) is 1.84. The Bertz CT molecular complexity index is 145. The van der Waals surface area contributed by atoms with Gasteiger partial charge in [0.1, 0.15) is 0 Å². The summed E-state index contributed by atoms with van der Waals surface area (Å²) in [6, 6.07) is 0. The normalized spacial score (nSPS) is 12.0. The lowest BCUT2D eigenvalue weighted by molar-refractivity contribution is 0.239. The minimum atomic E-state index is 0.828. The van der Waals surface area contributed by atoms with Crippen LogP contribution in [0.15, 0.2) is 0 Å². The van der Waals surface area contributed by atoms with Crippen molar-refractivity contribution in [2.45, 2.75) is 59.8 Å². The van der Waals surface area contributed by atoms with Gasteiger partial charge in [-0.2, -0.15) is 12.6 Å². The van der Waals surface area contributed by atoms with Crippen molar-refractivity contribution in [3.05, 3.63) is 0 Å². The molecular weight excluding hydrogens is 226 g/mol. The van der Waals surface area contributed by atoms with Crippen LogP contribution in [0.2, 0.25) is 0 Å². The smallest absolute Gasteiger partial charge is 0.00163 e. The number of hydrogen-bond acceptors (Lipinski definition) is 2. The first kappa shape index (κ1) is 17.3. The maximum Gasteiger partial charge on any atom is -0.00163 e. The molecule has 104 valence electrons. The predicted molar refractivity (Wildman–Crippen MR) is 83.1 cm³/mol. The summed E-state index contributed by atoms with van der Waals surface area (Å²) in [6.07, 6.45) is 6.63. The molecule has 0 rings (SSSR count). The molecule has 0 aromatic heterocycles. The van der Waals surface area contributed by atoms with Crippen LogP contribution in [0.4, 0.5) is 0 Å². The van der Waals surface area contributed by atoms with Crippen LogP contribution >= 0.6 is 12.6 Å². The van der Waals surface area contributed by atoms with Gasteiger partial charge in [0, 0.05) is 0 Å². The molecular formula is C15H33NS. The molecule has 0 saturated carbocycles. The van der Waals surface area contributed by atoms with Gasteiger partial charge in [-0.1, -0.05) is 34.1 Å². The van der Waals surface area contributed by atoms with Crippen molar-refractivity contribution in [1.29, 1.82) is 0 Å². The van der Waals surface area contributed by atoms with E-state index in [0.29, 0.717) is 0 Å². The van der Waals surface area contributed by atoms with E-state index in [2.05, 4.69) is 45.2 Å². The Morgan fingerprint density at radius 3 is 1.71 bits per heavy atom. The molecule has 0 atom stereocenters. The molecule has 2 heteroatoms. The highest BCUT2D eigenvalue weighted by Crippen LogP contribution is 2.08. The Balaban J connectivity index is 3.75. The molecule has 1 nitrogen and oxygen atoms in total. The van der Waals surface area contributed by atoms with E-state index in [1.807, 2.05) is 0 Å². The van der Waals surface area contributed by atoms with Gasteiger partial charge in [-0.05, 0) is 62.9 Å². The molecule has 0 spiro atoms. The van der Waals surface area contributed by atoms with Crippen LogP contribution in [-0.4, -0.2) is 30.3 Å². The van der Waals surface area contributed by atoms with E-state index in [1.165, 1.54) is 51.7 Å². The largest absolute Gasteiger partial charge is 0.303 e. The van der Waals surface area contributed by atoms with Gasteiger partial charge >= 0.3 is 0 Å². The van der Waals surface area contributed by atoms with Crippen LogP contribution in [0.5, 0.6) is 0 Å². The molecule has 0 radical (unpaired) electrons. The summed E-state index contributed by atoms with van der Waals surface area (Å²) in [7, 11) is 0. The second-order valence-electron chi connectivity index (χ2n) is 5.99. The monoisotopic (exact) mass is 259 g/mol. The Morgan fingerprint density at radius 1 is 0.765 bits per heavy atom. The molecule has 0 amide bonds. The van der Waals surface area contributed by atoms with E-state index < -0.39 is 0 Å². The third-order valence-corrected chi connectivity index (χ3v) is 3.49. The summed E-state index contributed by atoms with van der Waals surface area (Å²) in [5.41, 5.74) is 0. The summed E-state index contributed by atoms with van der Waals surface area (Å²) in [5.74, 6) is 2.70. The topological polar surface area (TPSA) is 3.24 Å². The fourth-order valence-corrected chi connectivity index (χ4v) is 2.06. The van der Waals surface area contributed by atoms with E-state index in [9.17, 15) is 0 Å². The maximum atomic E-state index is 4.27. The third-order valence-electron chi connectivity index (χ3n) is 3.18. The van der Waals surface area contributed by atoms with Gasteiger partial charge in [0.05, 0.1) is 0 Å². The highest BCUT2D eigenvalue weighted by molar-refractivity contribution is 7.80. The SMILES string of the molecule is CC(C)CCN(CCCCCS)CCC(C)C. The van der Waals surface area contributed by atoms with Crippen LogP contribution in [0.1, 0.15) is 59.8 Å². The molecule has 0 aliphatic rings. The highest BCUT2D eigenvalue weighted by Gasteiger charge is 2.06. The minimum Gasteiger partial charge on any atom is -0.303 e. The van der Waals surface area contributed by atoms with Gasteiger partial charge < -0.3 is 4.90 Å². The molecule has 0 unspecified atom stereocenters.